The smallest absolute Gasteiger partial charge is 0.343 e. The summed E-state index contributed by atoms with van der Waals surface area (Å²) in [5.74, 6) is 0.214. The van der Waals surface area contributed by atoms with Crippen LogP contribution in [0.4, 0.5) is 0 Å². The lowest BCUT2D eigenvalue weighted by atomic mass is 10.1. The van der Waals surface area contributed by atoms with Crippen LogP contribution in [0.25, 0.3) is 6.08 Å². The Bertz CT molecular complexity index is 1060. The van der Waals surface area contributed by atoms with Crippen molar-refractivity contribution in [3.8, 4) is 17.2 Å². The molecule has 0 unspecified atom stereocenters. The second kappa shape index (κ2) is 15.1. The van der Waals surface area contributed by atoms with Crippen LogP contribution in [0, 0.1) is 0 Å². The minimum Gasteiger partial charge on any atom is -0.494 e. The third kappa shape index (κ3) is 11.1. The monoisotopic (exact) mass is 520 g/mol. The molecule has 2 rings (SSSR count). The molecule has 9 nitrogen and oxygen atoms in total. The van der Waals surface area contributed by atoms with Crippen LogP contribution in [0.1, 0.15) is 54.4 Å². The molecule has 0 atom stereocenters. The molecule has 0 aliphatic carbocycles. The molecule has 0 bridgehead atoms. The molecule has 196 valence electrons. The number of carbonyl (C=O) groups excluding carboxylic acids is 2. The first-order chi connectivity index (χ1) is 17.2. The Labute approximate surface area is 211 Å². The molecule has 10 heteroatoms. The van der Waals surface area contributed by atoms with Crippen molar-refractivity contribution in [1.82, 2.24) is 0 Å². The van der Waals surface area contributed by atoms with E-state index in [-0.39, 0.29) is 11.9 Å². The van der Waals surface area contributed by atoms with E-state index in [0.29, 0.717) is 35.7 Å². The lowest BCUT2D eigenvalue weighted by Crippen LogP contribution is -2.09. The van der Waals surface area contributed by atoms with Crippen LogP contribution in [0.3, 0.4) is 0 Å². The maximum Gasteiger partial charge on any atom is 0.343 e. The van der Waals surface area contributed by atoms with E-state index in [9.17, 15) is 14.2 Å². The molecule has 0 amide bonds. The summed E-state index contributed by atoms with van der Waals surface area (Å²) in [7, 11) is -1.12. The molecule has 0 saturated heterocycles. The number of unbranched alkanes of at least 4 members (excludes halogenated alkanes) is 5. The fourth-order valence-corrected chi connectivity index (χ4v) is 3.90. The second-order valence-electron chi connectivity index (χ2n) is 8.04. The summed E-state index contributed by atoms with van der Waals surface area (Å²) >= 11 is 0. The third-order valence-electron chi connectivity index (χ3n) is 5.21. The fourth-order valence-electron chi connectivity index (χ4n) is 3.27. The van der Waals surface area contributed by atoms with E-state index in [0.717, 1.165) is 32.1 Å². The van der Waals surface area contributed by atoms with Crippen molar-refractivity contribution in [2.24, 2.45) is 0 Å². The zero-order valence-electron chi connectivity index (χ0n) is 20.6. The molecule has 2 aromatic carbocycles. The zero-order chi connectivity index (χ0) is 26.4. The molecule has 0 aliphatic rings. The normalized spacial score (nSPS) is 11.3. The van der Waals surface area contributed by atoms with Gasteiger partial charge in [-0.3, -0.25) is 4.57 Å². The summed E-state index contributed by atoms with van der Waals surface area (Å²) in [4.78, 5) is 41.5. The van der Waals surface area contributed by atoms with E-state index in [1.807, 2.05) is 0 Å². The Hall–Kier alpha value is -3.13. The minimum absolute atomic E-state index is 0.0461. The molecule has 0 radical (unpaired) electrons. The lowest BCUT2D eigenvalue weighted by molar-refractivity contribution is -0.134. The van der Waals surface area contributed by atoms with Gasteiger partial charge in [-0.05, 0) is 60.9 Å². The van der Waals surface area contributed by atoms with Gasteiger partial charge in [-0.25, -0.2) is 9.59 Å². The number of rotatable bonds is 15. The first-order valence-corrected chi connectivity index (χ1v) is 13.5. The van der Waals surface area contributed by atoms with Gasteiger partial charge in [0.2, 0.25) is 0 Å². The van der Waals surface area contributed by atoms with Crippen molar-refractivity contribution in [2.45, 2.75) is 38.5 Å². The average Bonchev–Trinajstić information content (AvgIpc) is 2.86. The molecule has 36 heavy (non-hydrogen) atoms. The van der Waals surface area contributed by atoms with Crippen LogP contribution in [0.15, 0.2) is 48.5 Å². The molecular formula is C26H33O9P. The summed E-state index contributed by atoms with van der Waals surface area (Å²) < 4.78 is 31.8. The number of hydrogen-bond donors (Lipinski definition) is 2. The fraction of sp³-hybridized carbons (Fsp3) is 0.385. The van der Waals surface area contributed by atoms with Gasteiger partial charge in [-0.15, -0.1) is 0 Å². The quantitative estimate of drug-likeness (QED) is 0.110. The van der Waals surface area contributed by atoms with Gasteiger partial charge >= 0.3 is 19.5 Å². The number of benzene rings is 2. The van der Waals surface area contributed by atoms with Gasteiger partial charge < -0.3 is 28.7 Å². The van der Waals surface area contributed by atoms with E-state index in [2.05, 4.69) is 4.74 Å². The highest BCUT2D eigenvalue weighted by Crippen LogP contribution is 2.35. The Balaban J connectivity index is 1.76. The predicted molar refractivity (Wildman–Crippen MR) is 136 cm³/mol. The molecule has 0 saturated carbocycles. The summed E-state index contributed by atoms with van der Waals surface area (Å²) in [5.41, 5.74) is 1.04. The van der Waals surface area contributed by atoms with Crippen LogP contribution in [0.2, 0.25) is 0 Å². The van der Waals surface area contributed by atoms with Gasteiger partial charge in [0.05, 0.1) is 26.4 Å². The van der Waals surface area contributed by atoms with Crippen LogP contribution < -0.4 is 14.2 Å². The number of ether oxygens (including phenoxy) is 4. The summed E-state index contributed by atoms with van der Waals surface area (Å²) in [5, 5.41) is 0. The van der Waals surface area contributed by atoms with E-state index in [1.165, 1.54) is 20.3 Å². The summed E-state index contributed by atoms with van der Waals surface area (Å²) in [6.45, 7) is 0.542. The number of hydrogen-bond acceptors (Lipinski definition) is 7. The molecule has 0 heterocycles. The van der Waals surface area contributed by atoms with Gasteiger partial charge in [0, 0.05) is 12.2 Å². The van der Waals surface area contributed by atoms with Crippen molar-refractivity contribution < 1.29 is 42.9 Å². The molecule has 0 aromatic heterocycles. The van der Waals surface area contributed by atoms with Gasteiger partial charge in [0.25, 0.3) is 0 Å². The van der Waals surface area contributed by atoms with E-state index >= 15 is 0 Å². The lowest BCUT2D eigenvalue weighted by Gasteiger charge is -2.11. The largest absolute Gasteiger partial charge is 0.494 e. The number of methoxy groups -OCH3 is 2. The van der Waals surface area contributed by atoms with Crippen LogP contribution >= 0.6 is 7.60 Å². The van der Waals surface area contributed by atoms with Crippen LogP contribution in [-0.2, 0) is 14.1 Å². The van der Waals surface area contributed by atoms with E-state index in [1.54, 1.807) is 48.5 Å². The van der Waals surface area contributed by atoms with E-state index in [4.69, 9.17) is 24.0 Å². The van der Waals surface area contributed by atoms with Crippen molar-refractivity contribution in [2.75, 3.05) is 27.0 Å². The minimum atomic E-state index is -3.88. The number of esters is 2. The zero-order valence-corrected chi connectivity index (χ0v) is 21.4. The maximum atomic E-state index is 12.6. The van der Waals surface area contributed by atoms with Crippen LogP contribution in [0.5, 0.6) is 17.2 Å². The van der Waals surface area contributed by atoms with Crippen molar-refractivity contribution in [3.63, 3.8) is 0 Å². The molecule has 0 fully saturated rings. The van der Waals surface area contributed by atoms with Crippen molar-refractivity contribution >= 4 is 25.6 Å². The highest BCUT2D eigenvalue weighted by Gasteiger charge is 2.13. The SMILES string of the molecule is COC(=O)/C=C/c1ccc(OC(=O)c2ccc(OCCCCCCCCP(=O)(O)O)cc2)c(OC)c1. The Morgan fingerprint density at radius 3 is 2.19 bits per heavy atom. The Morgan fingerprint density at radius 2 is 1.56 bits per heavy atom. The average molecular weight is 521 g/mol. The van der Waals surface area contributed by atoms with Gasteiger partial charge in [-0.2, -0.15) is 0 Å². The highest BCUT2D eigenvalue weighted by molar-refractivity contribution is 7.51. The molecule has 2 aromatic rings. The first-order valence-electron chi connectivity index (χ1n) is 11.7. The Morgan fingerprint density at radius 1 is 0.889 bits per heavy atom. The third-order valence-corrected chi connectivity index (χ3v) is 6.10. The maximum absolute atomic E-state index is 12.6. The summed E-state index contributed by atoms with van der Waals surface area (Å²) in [6, 6.07) is 11.6. The first kappa shape index (κ1) is 29.1. The van der Waals surface area contributed by atoms with Gasteiger partial charge in [0.15, 0.2) is 11.5 Å². The molecule has 0 spiro atoms. The Kier molecular flexibility index (Phi) is 12.2. The van der Waals surface area contributed by atoms with Crippen molar-refractivity contribution in [1.29, 1.82) is 0 Å². The van der Waals surface area contributed by atoms with Crippen LogP contribution in [-0.4, -0.2) is 48.7 Å². The molecule has 0 aliphatic heterocycles. The molecule has 2 N–H and O–H groups in total. The summed E-state index contributed by atoms with van der Waals surface area (Å²) in [6.07, 6.45) is 7.92. The standard InChI is InChI=1S/C26H33O9P/c1-32-24-19-20(10-16-25(27)33-2)9-15-23(24)35-26(28)21-11-13-22(14-12-21)34-17-7-5-3-4-6-8-18-36(29,30)31/h9-16,19H,3-8,17-18H2,1-2H3,(H2,29,30,31)/b16-10+. The van der Waals surface area contributed by atoms with Crippen molar-refractivity contribution in [3.05, 3.63) is 59.7 Å². The topological polar surface area (TPSA) is 129 Å². The van der Waals surface area contributed by atoms with Gasteiger partial charge in [-0.1, -0.05) is 31.7 Å². The number of carbonyl (C=O) groups is 2. The molecular weight excluding hydrogens is 487 g/mol. The van der Waals surface area contributed by atoms with Gasteiger partial charge in [0.1, 0.15) is 5.75 Å². The second-order valence-corrected chi connectivity index (χ2v) is 9.82. The predicted octanol–water partition coefficient (Wildman–Crippen LogP) is 5.00. The highest BCUT2D eigenvalue weighted by atomic mass is 31.2. The van der Waals surface area contributed by atoms with E-state index < -0.39 is 19.5 Å².